The van der Waals surface area contributed by atoms with Crippen molar-refractivity contribution in [2.45, 2.75) is 111 Å². The molecule has 1 saturated carbocycles. The van der Waals surface area contributed by atoms with Crippen LogP contribution in [0.3, 0.4) is 0 Å². The summed E-state index contributed by atoms with van der Waals surface area (Å²) in [6.07, 6.45) is 6.04. The van der Waals surface area contributed by atoms with E-state index in [0.29, 0.717) is 37.7 Å². The molecule has 3 rings (SSSR count). The molecule has 0 aliphatic heterocycles. The van der Waals surface area contributed by atoms with Crippen molar-refractivity contribution in [3.8, 4) is 0 Å². The number of aliphatic hydroxyl groups excluding tert-OH is 1. The number of hydrogen-bond acceptors (Lipinski definition) is 3. The van der Waals surface area contributed by atoms with Crippen molar-refractivity contribution in [1.29, 1.82) is 0 Å². The number of halogens is 2. The molecule has 39 heavy (non-hydrogen) atoms. The van der Waals surface area contributed by atoms with Crippen LogP contribution in [0.1, 0.15) is 108 Å². The lowest BCUT2D eigenvalue weighted by atomic mass is 9.63. The van der Waals surface area contributed by atoms with Crippen molar-refractivity contribution in [3.63, 3.8) is 0 Å². The Bertz CT molecular complexity index is 1160. The van der Waals surface area contributed by atoms with Crippen LogP contribution in [0.2, 0.25) is 0 Å². The van der Waals surface area contributed by atoms with Crippen molar-refractivity contribution < 1.29 is 28.6 Å². The van der Waals surface area contributed by atoms with E-state index in [2.05, 4.69) is 32.6 Å². The molecule has 0 aromatic heterocycles. The summed E-state index contributed by atoms with van der Waals surface area (Å²) in [6.45, 7) is 11.4. The van der Waals surface area contributed by atoms with E-state index in [9.17, 15) is 23.5 Å². The topological polar surface area (TPSA) is 74.6 Å². The van der Waals surface area contributed by atoms with Gasteiger partial charge in [0, 0.05) is 25.7 Å². The summed E-state index contributed by atoms with van der Waals surface area (Å²) < 4.78 is 26.4. The molecule has 2 N–H and O–H groups in total. The fourth-order valence-corrected chi connectivity index (χ4v) is 5.99. The molecule has 0 heterocycles. The van der Waals surface area contributed by atoms with Gasteiger partial charge in [0.1, 0.15) is 5.76 Å². The number of alkyl halides is 2. The zero-order valence-electron chi connectivity index (χ0n) is 24.0. The second kappa shape index (κ2) is 12.6. The van der Waals surface area contributed by atoms with E-state index in [1.165, 1.54) is 11.1 Å². The van der Waals surface area contributed by atoms with E-state index in [-0.39, 0.29) is 42.1 Å². The first-order valence-electron chi connectivity index (χ1n) is 14.2. The van der Waals surface area contributed by atoms with Crippen LogP contribution in [0, 0.1) is 18.3 Å². The van der Waals surface area contributed by atoms with Crippen LogP contribution >= 0.6 is 0 Å². The molecule has 1 fully saturated rings. The number of carboxylic acids is 1. The number of carbonyl (C=O) groups is 2. The van der Waals surface area contributed by atoms with E-state index in [1.54, 1.807) is 0 Å². The van der Waals surface area contributed by atoms with E-state index in [4.69, 9.17) is 5.11 Å². The number of Topliss-reactive ketones (excluding diaryl/α,β-unsaturated/α-hetero) is 1. The van der Waals surface area contributed by atoms with Crippen molar-refractivity contribution in [3.05, 3.63) is 63.9 Å². The third kappa shape index (κ3) is 8.61. The number of rotatable bonds is 14. The largest absolute Gasteiger partial charge is 0.512 e. The highest BCUT2D eigenvalue weighted by Gasteiger charge is 2.44. The third-order valence-electron chi connectivity index (χ3n) is 8.16. The lowest BCUT2D eigenvalue weighted by Crippen LogP contribution is -2.34. The van der Waals surface area contributed by atoms with Gasteiger partial charge in [0.05, 0.1) is 5.57 Å². The average molecular weight is 543 g/mol. The molecular weight excluding hydrogens is 498 g/mol. The molecule has 1 unspecified atom stereocenters. The van der Waals surface area contributed by atoms with Gasteiger partial charge < -0.3 is 10.2 Å². The number of benzene rings is 1. The van der Waals surface area contributed by atoms with Gasteiger partial charge >= 0.3 is 5.97 Å². The minimum Gasteiger partial charge on any atom is -0.512 e. The number of carbonyl (C=O) groups excluding carboxylic acids is 1. The van der Waals surface area contributed by atoms with Crippen LogP contribution in [-0.2, 0) is 16.0 Å². The molecule has 0 radical (unpaired) electrons. The Morgan fingerprint density at radius 1 is 1.10 bits per heavy atom. The predicted octanol–water partition coefficient (Wildman–Crippen LogP) is 8.93. The molecule has 1 atom stereocenters. The summed E-state index contributed by atoms with van der Waals surface area (Å²) >= 11 is 0. The zero-order valence-corrected chi connectivity index (χ0v) is 24.0. The Balaban J connectivity index is 1.72. The number of unbranched alkanes of at least 4 members (excludes halogenated alkanes) is 1. The molecule has 6 heteroatoms. The Hall–Kier alpha value is -2.76. The first kappa shape index (κ1) is 30.8. The van der Waals surface area contributed by atoms with Crippen molar-refractivity contribution in [2.75, 3.05) is 0 Å². The van der Waals surface area contributed by atoms with Crippen LogP contribution in [0.5, 0.6) is 0 Å². The van der Waals surface area contributed by atoms with Gasteiger partial charge in [0.2, 0.25) is 5.92 Å². The fourth-order valence-electron chi connectivity index (χ4n) is 5.99. The molecule has 0 amide bonds. The van der Waals surface area contributed by atoms with Crippen LogP contribution in [0.15, 0.2) is 47.3 Å². The summed E-state index contributed by atoms with van der Waals surface area (Å²) in [5, 5.41) is 19.9. The highest BCUT2D eigenvalue weighted by Crippen LogP contribution is 2.53. The number of ketones is 1. The number of aliphatic carboxylic acids is 1. The van der Waals surface area contributed by atoms with Crippen LogP contribution in [0.4, 0.5) is 8.78 Å². The van der Waals surface area contributed by atoms with Gasteiger partial charge in [0.15, 0.2) is 5.78 Å². The van der Waals surface area contributed by atoms with Gasteiger partial charge in [-0.2, -0.15) is 0 Å². The molecule has 2 aliphatic rings. The number of carboxylic acid groups (broad SMARTS) is 1. The second-order valence-corrected chi connectivity index (χ2v) is 12.3. The monoisotopic (exact) mass is 542 g/mol. The summed E-state index contributed by atoms with van der Waals surface area (Å²) in [5.41, 5.74) is 6.73. The predicted molar refractivity (Wildman–Crippen MR) is 152 cm³/mol. The van der Waals surface area contributed by atoms with Crippen molar-refractivity contribution in [1.82, 2.24) is 0 Å². The van der Waals surface area contributed by atoms with Gasteiger partial charge in [-0.05, 0) is 104 Å². The van der Waals surface area contributed by atoms with E-state index in [1.807, 2.05) is 13.0 Å². The Kier molecular flexibility index (Phi) is 9.95. The van der Waals surface area contributed by atoms with Gasteiger partial charge in [-0.3, -0.25) is 9.59 Å². The standard InChI is InChI=1S/C33H44F2O4/c1-21(9-8-18-33(5,34)35)25-16-12-23(19-22(25)2)13-17-26-30(24-14-15-24)31(28(37)20-32(26,3)4)27(36)10-6-7-11-29(38)39/h12,16,19,26,37H,1,6-11,13-15,17-18,20H2,2-5H3,(H,38,39). The third-order valence-corrected chi connectivity index (χ3v) is 8.16. The molecule has 0 saturated heterocycles. The van der Waals surface area contributed by atoms with Crippen molar-refractivity contribution >= 4 is 17.3 Å². The highest BCUT2D eigenvalue weighted by molar-refractivity contribution is 6.01. The van der Waals surface area contributed by atoms with Gasteiger partial charge in [0.25, 0.3) is 0 Å². The Morgan fingerprint density at radius 3 is 2.36 bits per heavy atom. The zero-order chi connectivity index (χ0) is 29.0. The summed E-state index contributed by atoms with van der Waals surface area (Å²) in [5.74, 6) is -3.29. The maximum absolute atomic E-state index is 13.3. The smallest absolute Gasteiger partial charge is 0.303 e. The SMILES string of the molecule is C=C(CCCC(C)(F)F)c1ccc(CCC2C(=C3CC3)C(C(=O)CCCCC(=O)O)=C(O)CC2(C)C)cc1C. The normalized spacial score (nSPS) is 18.9. The van der Waals surface area contributed by atoms with Gasteiger partial charge in [-0.25, -0.2) is 8.78 Å². The number of hydrogen-bond donors (Lipinski definition) is 2. The van der Waals surface area contributed by atoms with Gasteiger partial charge in [-0.15, -0.1) is 0 Å². The number of aryl methyl sites for hydroxylation is 2. The first-order valence-corrected chi connectivity index (χ1v) is 14.2. The molecular formula is C33H44F2O4. The van der Waals surface area contributed by atoms with E-state index >= 15 is 0 Å². The van der Waals surface area contributed by atoms with Crippen LogP contribution < -0.4 is 0 Å². The molecule has 4 nitrogen and oxygen atoms in total. The Labute approximate surface area is 231 Å². The van der Waals surface area contributed by atoms with Crippen LogP contribution in [0.25, 0.3) is 5.57 Å². The molecule has 0 spiro atoms. The fraction of sp³-hybridized carbons (Fsp3) is 0.576. The lowest BCUT2D eigenvalue weighted by molar-refractivity contribution is -0.137. The number of allylic oxidation sites excluding steroid dienone is 5. The Morgan fingerprint density at radius 2 is 1.77 bits per heavy atom. The molecule has 1 aromatic carbocycles. The van der Waals surface area contributed by atoms with E-state index in [0.717, 1.165) is 54.9 Å². The molecule has 0 bridgehead atoms. The maximum atomic E-state index is 13.3. The first-order chi connectivity index (χ1) is 18.2. The number of aliphatic hydroxyl groups is 1. The summed E-state index contributed by atoms with van der Waals surface area (Å²) in [7, 11) is 0. The maximum Gasteiger partial charge on any atom is 0.303 e. The molecule has 1 aromatic rings. The second-order valence-electron chi connectivity index (χ2n) is 12.3. The average Bonchev–Trinajstić information content (AvgIpc) is 3.64. The quantitative estimate of drug-likeness (QED) is 0.230. The minimum absolute atomic E-state index is 0.0438. The van der Waals surface area contributed by atoms with Crippen LogP contribution in [-0.4, -0.2) is 27.9 Å². The summed E-state index contributed by atoms with van der Waals surface area (Å²) in [4.78, 5) is 24.1. The van der Waals surface area contributed by atoms with E-state index < -0.39 is 11.9 Å². The highest BCUT2D eigenvalue weighted by atomic mass is 19.3. The molecule has 2 aliphatic carbocycles. The summed E-state index contributed by atoms with van der Waals surface area (Å²) in [6, 6.07) is 6.28. The lowest BCUT2D eigenvalue weighted by Gasteiger charge is -2.41. The molecule has 214 valence electrons. The van der Waals surface area contributed by atoms with Gasteiger partial charge in [-0.1, -0.05) is 44.2 Å². The minimum atomic E-state index is -2.66. The van der Waals surface area contributed by atoms with Crippen molar-refractivity contribution in [2.24, 2.45) is 11.3 Å².